The van der Waals surface area contributed by atoms with Gasteiger partial charge in [0.15, 0.2) is 0 Å². The molecule has 0 aliphatic rings. The lowest BCUT2D eigenvalue weighted by atomic mass is 10.2. The molecule has 0 saturated carbocycles. The van der Waals surface area contributed by atoms with Gasteiger partial charge in [0.25, 0.3) is 0 Å². The van der Waals surface area contributed by atoms with E-state index in [1.54, 1.807) is 10.9 Å². The van der Waals surface area contributed by atoms with E-state index < -0.39 is 0 Å². The molecule has 1 N–H and O–H groups in total. The Bertz CT molecular complexity index is 704. The van der Waals surface area contributed by atoms with Gasteiger partial charge < -0.3 is 5.32 Å². The molecule has 8 heteroatoms. The van der Waals surface area contributed by atoms with Gasteiger partial charge >= 0.3 is 0 Å². The van der Waals surface area contributed by atoms with Crippen LogP contribution in [0.5, 0.6) is 0 Å². The first-order valence-electron chi connectivity index (χ1n) is 5.98. The van der Waals surface area contributed by atoms with Gasteiger partial charge in [-0.3, -0.25) is 4.68 Å². The Hall–Kier alpha value is -2.41. The summed E-state index contributed by atoms with van der Waals surface area (Å²) in [5, 5.41) is 19.1. The number of aryl methyl sites for hydroxylation is 1. The lowest BCUT2D eigenvalue weighted by Crippen LogP contribution is -2.06. The third-order valence-corrected chi connectivity index (χ3v) is 3.28. The van der Waals surface area contributed by atoms with E-state index in [1.165, 1.54) is 6.33 Å². The van der Waals surface area contributed by atoms with E-state index in [-0.39, 0.29) is 0 Å². The average molecular weight is 290 g/mol. The summed E-state index contributed by atoms with van der Waals surface area (Å²) in [6.07, 6.45) is 3.30. The quantitative estimate of drug-likeness (QED) is 0.791. The summed E-state index contributed by atoms with van der Waals surface area (Å²) in [5.41, 5.74) is 2.72. The molecule has 20 heavy (non-hydrogen) atoms. The first-order chi connectivity index (χ1) is 9.74. The van der Waals surface area contributed by atoms with Crippen molar-refractivity contribution in [2.75, 3.05) is 5.32 Å². The van der Waals surface area contributed by atoms with Crippen LogP contribution in [0, 0.1) is 0 Å². The third-order valence-electron chi connectivity index (χ3n) is 2.95. The predicted molar refractivity (Wildman–Crippen MR) is 74.7 cm³/mol. The summed E-state index contributed by atoms with van der Waals surface area (Å²) in [7, 11) is 1.90. The van der Waals surface area contributed by atoms with Crippen LogP contribution in [0.4, 0.5) is 5.69 Å². The monoisotopic (exact) mass is 289 g/mol. The first-order valence-corrected chi connectivity index (χ1v) is 6.35. The van der Waals surface area contributed by atoms with Crippen molar-refractivity contribution < 1.29 is 0 Å². The molecule has 0 aliphatic heterocycles. The number of benzene rings is 1. The molecule has 2 heterocycles. The fourth-order valence-corrected chi connectivity index (χ4v) is 2.02. The molecule has 0 bridgehead atoms. The molecule has 0 unspecified atom stereocenters. The van der Waals surface area contributed by atoms with Crippen molar-refractivity contribution >= 4 is 17.3 Å². The van der Waals surface area contributed by atoms with Gasteiger partial charge in [-0.1, -0.05) is 11.6 Å². The minimum absolute atomic E-state index is 0.634. The summed E-state index contributed by atoms with van der Waals surface area (Å²) in [6.45, 7) is 0.634. The highest BCUT2D eigenvalue weighted by atomic mass is 35.5. The van der Waals surface area contributed by atoms with Crippen molar-refractivity contribution in [3.63, 3.8) is 0 Å². The molecule has 3 aromatic rings. The lowest BCUT2D eigenvalue weighted by Gasteiger charge is -2.10. The molecule has 0 atom stereocenters. The molecule has 3 rings (SSSR count). The first kappa shape index (κ1) is 12.6. The highest BCUT2D eigenvalue weighted by Crippen LogP contribution is 2.24. The van der Waals surface area contributed by atoms with E-state index in [0.717, 1.165) is 17.1 Å². The Balaban J connectivity index is 1.82. The lowest BCUT2D eigenvalue weighted by molar-refractivity contribution is 0.720. The second-order valence-electron chi connectivity index (χ2n) is 4.22. The number of rotatable bonds is 4. The summed E-state index contributed by atoms with van der Waals surface area (Å²) in [4.78, 5) is 0. The van der Waals surface area contributed by atoms with Gasteiger partial charge in [0.2, 0.25) is 0 Å². The zero-order chi connectivity index (χ0) is 13.9. The SMILES string of the molecule is Cn1nccc1CNc1cc(-n2cnnn2)ccc1Cl. The van der Waals surface area contributed by atoms with Gasteiger partial charge in [-0.2, -0.15) is 5.10 Å². The number of nitrogens with zero attached hydrogens (tertiary/aromatic N) is 6. The number of anilines is 1. The summed E-state index contributed by atoms with van der Waals surface area (Å²) in [5.74, 6) is 0. The van der Waals surface area contributed by atoms with Crippen LogP contribution in [-0.2, 0) is 13.6 Å². The maximum Gasteiger partial charge on any atom is 0.143 e. The fraction of sp³-hybridized carbons (Fsp3) is 0.167. The van der Waals surface area contributed by atoms with Gasteiger partial charge in [0.05, 0.1) is 28.6 Å². The van der Waals surface area contributed by atoms with Gasteiger partial charge in [-0.25, -0.2) is 4.68 Å². The van der Waals surface area contributed by atoms with Crippen molar-refractivity contribution in [3.05, 3.63) is 47.5 Å². The van der Waals surface area contributed by atoms with E-state index in [1.807, 2.05) is 36.0 Å². The third kappa shape index (κ3) is 2.48. The van der Waals surface area contributed by atoms with E-state index in [4.69, 9.17) is 11.6 Å². The molecule has 7 nitrogen and oxygen atoms in total. The second kappa shape index (κ2) is 5.30. The largest absolute Gasteiger partial charge is 0.378 e. The number of aromatic nitrogens is 6. The van der Waals surface area contributed by atoms with Gasteiger partial charge in [-0.15, -0.1) is 5.10 Å². The van der Waals surface area contributed by atoms with Gasteiger partial charge in [0.1, 0.15) is 6.33 Å². The normalized spacial score (nSPS) is 10.7. The van der Waals surface area contributed by atoms with Crippen LogP contribution < -0.4 is 5.32 Å². The smallest absolute Gasteiger partial charge is 0.143 e. The molecule has 0 spiro atoms. The molecule has 0 fully saturated rings. The zero-order valence-electron chi connectivity index (χ0n) is 10.7. The van der Waals surface area contributed by atoms with Crippen LogP contribution in [0.3, 0.4) is 0 Å². The van der Waals surface area contributed by atoms with Crippen molar-refractivity contribution in [3.8, 4) is 5.69 Å². The van der Waals surface area contributed by atoms with E-state index in [0.29, 0.717) is 11.6 Å². The number of hydrogen-bond acceptors (Lipinski definition) is 5. The number of halogens is 1. The van der Waals surface area contributed by atoms with Crippen LogP contribution >= 0.6 is 11.6 Å². The minimum atomic E-state index is 0.634. The van der Waals surface area contributed by atoms with Gasteiger partial charge in [0, 0.05) is 13.2 Å². The molecular formula is C12H12ClN7. The predicted octanol–water partition coefficient (Wildman–Crippen LogP) is 1.66. The Morgan fingerprint density at radius 3 is 2.90 bits per heavy atom. The van der Waals surface area contributed by atoms with E-state index in [9.17, 15) is 0 Å². The van der Waals surface area contributed by atoms with Crippen molar-refractivity contribution in [1.82, 2.24) is 30.0 Å². The molecule has 0 aliphatic carbocycles. The summed E-state index contributed by atoms with van der Waals surface area (Å²) >= 11 is 6.19. The van der Waals surface area contributed by atoms with Crippen LogP contribution in [0.15, 0.2) is 36.8 Å². The molecule has 0 amide bonds. The number of hydrogen-bond donors (Lipinski definition) is 1. The molecule has 2 aromatic heterocycles. The van der Waals surface area contributed by atoms with Crippen LogP contribution in [-0.4, -0.2) is 30.0 Å². The minimum Gasteiger partial charge on any atom is -0.378 e. The van der Waals surface area contributed by atoms with Crippen molar-refractivity contribution in [2.45, 2.75) is 6.54 Å². The molecule has 0 saturated heterocycles. The Kier molecular flexibility index (Phi) is 3.34. The van der Waals surface area contributed by atoms with Crippen molar-refractivity contribution in [2.24, 2.45) is 7.05 Å². The average Bonchev–Trinajstić information content (AvgIpc) is 3.10. The second-order valence-corrected chi connectivity index (χ2v) is 4.63. The standard InChI is InChI=1S/C12H12ClN7/c1-19-10(4-5-16-19)7-14-12-6-9(2-3-11(12)13)20-8-15-17-18-20/h2-6,8,14H,7H2,1H3. The Labute approximate surface area is 120 Å². The maximum absolute atomic E-state index is 6.19. The highest BCUT2D eigenvalue weighted by Gasteiger charge is 2.05. The maximum atomic E-state index is 6.19. The van der Waals surface area contributed by atoms with Crippen molar-refractivity contribution in [1.29, 1.82) is 0 Å². The molecule has 0 radical (unpaired) electrons. The summed E-state index contributed by atoms with van der Waals surface area (Å²) < 4.78 is 3.39. The fourth-order valence-electron chi connectivity index (χ4n) is 1.83. The molecular weight excluding hydrogens is 278 g/mol. The summed E-state index contributed by atoms with van der Waals surface area (Å²) in [6, 6.07) is 7.51. The van der Waals surface area contributed by atoms with E-state index in [2.05, 4.69) is 25.9 Å². The Morgan fingerprint density at radius 1 is 1.30 bits per heavy atom. The topological polar surface area (TPSA) is 73.5 Å². The zero-order valence-corrected chi connectivity index (χ0v) is 11.5. The van der Waals surface area contributed by atoms with Crippen LogP contribution in [0.2, 0.25) is 5.02 Å². The number of nitrogens with one attached hydrogen (secondary N) is 1. The molecule has 1 aromatic carbocycles. The van der Waals surface area contributed by atoms with Gasteiger partial charge in [-0.05, 0) is 34.7 Å². The Morgan fingerprint density at radius 2 is 2.20 bits per heavy atom. The van der Waals surface area contributed by atoms with Crippen LogP contribution in [0.25, 0.3) is 5.69 Å². The van der Waals surface area contributed by atoms with Crippen LogP contribution in [0.1, 0.15) is 5.69 Å². The molecule has 102 valence electrons. The number of tetrazole rings is 1. The van der Waals surface area contributed by atoms with E-state index >= 15 is 0 Å². The highest BCUT2D eigenvalue weighted by molar-refractivity contribution is 6.33.